The number of allylic oxidation sites excluding steroid dienone is 3. The van der Waals surface area contributed by atoms with E-state index in [1.54, 1.807) is 12.2 Å². The van der Waals surface area contributed by atoms with Gasteiger partial charge in [0.25, 0.3) is 5.91 Å². The van der Waals surface area contributed by atoms with Gasteiger partial charge in [0.15, 0.2) is 5.82 Å². The summed E-state index contributed by atoms with van der Waals surface area (Å²) < 4.78 is 0. The van der Waals surface area contributed by atoms with Crippen LogP contribution in [0.1, 0.15) is 34.7 Å². The van der Waals surface area contributed by atoms with Gasteiger partial charge in [-0.2, -0.15) is 0 Å². The predicted molar refractivity (Wildman–Crippen MR) is 112 cm³/mol. The number of hydrogen-bond donors (Lipinski definition) is 3. The molecular formula is C22H18N6O2. The van der Waals surface area contributed by atoms with Gasteiger partial charge in [-0.15, -0.1) is 10.2 Å². The van der Waals surface area contributed by atoms with Crippen molar-refractivity contribution in [3.8, 4) is 0 Å². The summed E-state index contributed by atoms with van der Waals surface area (Å²) >= 11 is 0. The number of nitrogens with zero attached hydrogens (tertiary/aromatic N) is 4. The normalized spacial score (nSPS) is 15.7. The molecule has 0 spiro atoms. The van der Waals surface area contributed by atoms with E-state index in [0.29, 0.717) is 16.9 Å². The predicted octanol–water partition coefficient (Wildman–Crippen LogP) is 4.59. The molecule has 3 aromatic rings. The quantitative estimate of drug-likeness (QED) is 0.600. The number of amides is 1. The second-order valence-electron chi connectivity index (χ2n) is 7.09. The highest BCUT2D eigenvalue weighted by atomic mass is 16.5. The number of carbonyl (C=O) groups is 1. The summed E-state index contributed by atoms with van der Waals surface area (Å²) in [5.41, 5.74) is 5.45. The van der Waals surface area contributed by atoms with E-state index in [2.05, 4.69) is 25.5 Å². The smallest absolute Gasteiger partial charge is 0.287 e. The van der Waals surface area contributed by atoms with E-state index in [1.165, 1.54) is 12.4 Å². The Morgan fingerprint density at radius 1 is 1.13 bits per heavy atom. The molecule has 0 unspecified atom stereocenters. The van der Waals surface area contributed by atoms with Crippen LogP contribution < -0.4 is 5.32 Å². The zero-order chi connectivity index (χ0) is 20.7. The molecule has 3 heterocycles. The number of rotatable bonds is 3. The minimum absolute atomic E-state index is 0.141. The highest BCUT2D eigenvalue weighted by molar-refractivity contribution is 5.97. The van der Waals surface area contributed by atoms with Crippen LogP contribution in [0.25, 0.3) is 16.7 Å². The van der Waals surface area contributed by atoms with Gasteiger partial charge in [0.05, 0.1) is 22.8 Å². The van der Waals surface area contributed by atoms with Crippen LogP contribution in [0, 0.1) is 0 Å². The number of H-pyrrole nitrogens is 1. The largest absolute Gasteiger partial charge is 0.343 e. The fourth-order valence-electron chi connectivity index (χ4n) is 3.46. The average molecular weight is 398 g/mol. The van der Waals surface area contributed by atoms with Crippen molar-refractivity contribution < 1.29 is 10.0 Å². The fraction of sp³-hybridized carbons (Fsp3) is 0.0909. The van der Waals surface area contributed by atoms with E-state index in [-0.39, 0.29) is 17.8 Å². The van der Waals surface area contributed by atoms with Crippen molar-refractivity contribution >= 4 is 28.3 Å². The van der Waals surface area contributed by atoms with E-state index in [4.69, 9.17) is 0 Å². The van der Waals surface area contributed by atoms with Gasteiger partial charge in [-0.05, 0) is 36.8 Å². The van der Waals surface area contributed by atoms with Gasteiger partial charge in [0, 0.05) is 23.5 Å². The lowest BCUT2D eigenvalue weighted by atomic mass is 10.0. The number of benzene rings is 2. The van der Waals surface area contributed by atoms with Crippen LogP contribution in [0.4, 0.5) is 5.69 Å². The second kappa shape index (κ2) is 7.09. The number of fused-ring (bicyclic) bond motifs is 2. The van der Waals surface area contributed by atoms with Crippen LogP contribution in [0.3, 0.4) is 0 Å². The summed E-state index contributed by atoms with van der Waals surface area (Å²) in [5.74, 6) is -0.0277. The van der Waals surface area contributed by atoms with Crippen LogP contribution in [0.15, 0.2) is 82.8 Å². The van der Waals surface area contributed by atoms with E-state index in [9.17, 15) is 10.0 Å². The first kappa shape index (κ1) is 18.0. The molecule has 2 aliphatic rings. The Morgan fingerprint density at radius 2 is 1.90 bits per heavy atom. The standard InChI is InChI=1S/C22H18N6O2/c1-13(14-5-3-2-4-6-14)23-22(29)21-24-18-11-16-17(12-19(18)25-21)26-27-20(16)15-7-9-28(30)10-8-15/h2-13,30H,1H3,(H,23,29)(H,24,25)/t13-/m1/s1. The molecule has 148 valence electrons. The Morgan fingerprint density at radius 3 is 2.67 bits per heavy atom. The van der Waals surface area contributed by atoms with Gasteiger partial charge in [-0.3, -0.25) is 10.0 Å². The number of aromatic amines is 1. The highest BCUT2D eigenvalue weighted by Gasteiger charge is 2.21. The summed E-state index contributed by atoms with van der Waals surface area (Å²) in [6.07, 6.45) is 6.57. The number of nitrogens with one attached hydrogen (secondary N) is 2. The van der Waals surface area contributed by atoms with Gasteiger partial charge < -0.3 is 10.3 Å². The van der Waals surface area contributed by atoms with Crippen LogP contribution >= 0.6 is 0 Å². The maximum absolute atomic E-state index is 12.7. The summed E-state index contributed by atoms with van der Waals surface area (Å²) in [6, 6.07) is 13.3. The van der Waals surface area contributed by atoms with Crippen molar-refractivity contribution in [3.63, 3.8) is 0 Å². The Hall–Kier alpha value is -4.04. The summed E-state index contributed by atoms with van der Waals surface area (Å²) in [5, 5.41) is 21.9. The molecule has 8 nitrogen and oxygen atoms in total. The molecule has 0 radical (unpaired) electrons. The lowest BCUT2D eigenvalue weighted by Crippen LogP contribution is -2.27. The summed E-state index contributed by atoms with van der Waals surface area (Å²) in [4.78, 5) is 20.2. The summed E-state index contributed by atoms with van der Waals surface area (Å²) in [7, 11) is 0. The zero-order valence-electron chi connectivity index (χ0n) is 16.1. The van der Waals surface area contributed by atoms with Crippen LogP contribution in [0.5, 0.6) is 0 Å². The van der Waals surface area contributed by atoms with Gasteiger partial charge in [-0.1, -0.05) is 30.3 Å². The third-order valence-corrected chi connectivity index (χ3v) is 5.06. The molecule has 8 heteroatoms. The van der Waals surface area contributed by atoms with Gasteiger partial charge >= 0.3 is 0 Å². The van der Waals surface area contributed by atoms with Gasteiger partial charge in [-0.25, -0.2) is 10.0 Å². The SMILES string of the molecule is C[C@@H](NC(=O)c1nc2cc3c(cc2[nH]1)C(=C1C=CN(O)C=C1)N=N3)c1ccccc1. The molecule has 0 saturated heterocycles. The number of hydroxylamine groups is 2. The molecule has 5 rings (SSSR count). The molecule has 1 amide bonds. The molecule has 2 aromatic carbocycles. The number of imidazole rings is 1. The lowest BCUT2D eigenvalue weighted by molar-refractivity contribution is 0.0105. The Balaban J connectivity index is 1.44. The first-order valence-electron chi connectivity index (χ1n) is 9.48. The maximum Gasteiger partial charge on any atom is 0.287 e. The maximum atomic E-state index is 12.7. The van der Waals surface area contributed by atoms with Crippen molar-refractivity contribution in [3.05, 3.63) is 89.5 Å². The van der Waals surface area contributed by atoms with E-state index < -0.39 is 0 Å². The van der Waals surface area contributed by atoms with Crippen molar-refractivity contribution in [1.82, 2.24) is 20.3 Å². The third kappa shape index (κ3) is 3.19. The van der Waals surface area contributed by atoms with Crippen LogP contribution in [0.2, 0.25) is 0 Å². The molecule has 3 N–H and O–H groups in total. The number of hydrogen-bond acceptors (Lipinski definition) is 6. The van der Waals surface area contributed by atoms with Gasteiger partial charge in [0.1, 0.15) is 5.70 Å². The molecule has 0 aliphatic carbocycles. The molecule has 0 bridgehead atoms. The molecule has 0 saturated carbocycles. The van der Waals surface area contributed by atoms with Gasteiger partial charge in [0.2, 0.25) is 0 Å². The van der Waals surface area contributed by atoms with Crippen molar-refractivity contribution in [1.29, 1.82) is 0 Å². The molecular weight excluding hydrogens is 380 g/mol. The average Bonchev–Trinajstić information content (AvgIpc) is 3.37. The van der Waals surface area contributed by atoms with E-state index >= 15 is 0 Å². The highest BCUT2D eigenvalue weighted by Crippen LogP contribution is 2.40. The van der Waals surface area contributed by atoms with E-state index in [0.717, 1.165) is 27.3 Å². The second-order valence-corrected chi connectivity index (χ2v) is 7.09. The molecule has 2 aliphatic heterocycles. The third-order valence-electron chi connectivity index (χ3n) is 5.06. The van der Waals surface area contributed by atoms with Crippen LogP contribution in [-0.2, 0) is 0 Å². The Labute approximate surface area is 171 Å². The number of carbonyl (C=O) groups excluding carboxylic acids is 1. The minimum Gasteiger partial charge on any atom is -0.343 e. The molecule has 30 heavy (non-hydrogen) atoms. The van der Waals surface area contributed by atoms with Crippen molar-refractivity contribution in [2.75, 3.05) is 0 Å². The molecule has 1 aromatic heterocycles. The Bertz CT molecular complexity index is 1250. The van der Waals surface area contributed by atoms with Crippen LogP contribution in [-0.4, -0.2) is 26.1 Å². The summed E-state index contributed by atoms with van der Waals surface area (Å²) in [6.45, 7) is 1.93. The first-order chi connectivity index (χ1) is 14.6. The number of azo groups is 1. The molecule has 1 atom stereocenters. The molecule has 0 fully saturated rings. The Kier molecular flexibility index (Phi) is 4.26. The fourth-order valence-corrected chi connectivity index (χ4v) is 3.46. The minimum atomic E-state index is -0.274. The monoisotopic (exact) mass is 398 g/mol. The van der Waals surface area contributed by atoms with Crippen molar-refractivity contribution in [2.45, 2.75) is 13.0 Å². The topological polar surface area (TPSA) is 106 Å². The lowest BCUT2D eigenvalue weighted by Gasteiger charge is -2.12. The number of aromatic nitrogens is 2. The first-order valence-corrected chi connectivity index (χ1v) is 9.48. The van der Waals surface area contributed by atoms with Crippen molar-refractivity contribution in [2.24, 2.45) is 10.2 Å². The van der Waals surface area contributed by atoms with E-state index in [1.807, 2.05) is 49.4 Å². The zero-order valence-corrected chi connectivity index (χ0v) is 16.1.